The molecular weight excluding hydrogens is 188 g/mol. The van der Waals surface area contributed by atoms with Crippen molar-refractivity contribution in [1.29, 1.82) is 0 Å². The van der Waals surface area contributed by atoms with E-state index >= 15 is 0 Å². The van der Waals surface area contributed by atoms with Crippen molar-refractivity contribution in [2.45, 2.75) is 53.0 Å². The van der Waals surface area contributed by atoms with E-state index in [2.05, 4.69) is 13.8 Å². The fourth-order valence-electron chi connectivity index (χ4n) is 1.44. The lowest BCUT2D eigenvalue weighted by Crippen LogP contribution is -2.37. The lowest BCUT2D eigenvalue weighted by atomic mass is 9.99. The molecule has 0 fully saturated rings. The molecule has 0 bridgehead atoms. The summed E-state index contributed by atoms with van der Waals surface area (Å²) in [5.41, 5.74) is 5.61. The third-order valence-electron chi connectivity index (χ3n) is 2.30. The van der Waals surface area contributed by atoms with Crippen LogP contribution in [0.25, 0.3) is 0 Å². The standard InChI is InChI=1S/C12H26N2O/c1-6-14(9-10(2)3)11(15)7-8-12(4,5)13/h10H,6-9,13H2,1-5H3. The lowest BCUT2D eigenvalue weighted by Gasteiger charge is -2.25. The van der Waals surface area contributed by atoms with E-state index in [0.29, 0.717) is 12.3 Å². The van der Waals surface area contributed by atoms with Gasteiger partial charge >= 0.3 is 0 Å². The normalized spacial score (nSPS) is 11.9. The highest BCUT2D eigenvalue weighted by atomic mass is 16.2. The molecule has 0 radical (unpaired) electrons. The van der Waals surface area contributed by atoms with Crippen LogP contribution in [-0.2, 0) is 4.79 Å². The smallest absolute Gasteiger partial charge is 0.222 e. The first-order chi connectivity index (χ1) is 6.76. The van der Waals surface area contributed by atoms with Gasteiger partial charge in [0.05, 0.1) is 0 Å². The van der Waals surface area contributed by atoms with Gasteiger partial charge < -0.3 is 10.6 Å². The summed E-state index contributed by atoms with van der Waals surface area (Å²) in [5, 5.41) is 0. The van der Waals surface area contributed by atoms with Crippen molar-refractivity contribution in [1.82, 2.24) is 4.90 Å². The average molecular weight is 214 g/mol. The summed E-state index contributed by atoms with van der Waals surface area (Å²) < 4.78 is 0. The van der Waals surface area contributed by atoms with Crippen LogP contribution in [0.3, 0.4) is 0 Å². The van der Waals surface area contributed by atoms with Crippen LogP contribution in [-0.4, -0.2) is 29.4 Å². The third kappa shape index (κ3) is 7.37. The van der Waals surface area contributed by atoms with Gasteiger partial charge in [0.1, 0.15) is 0 Å². The number of rotatable bonds is 6. The number of amides is 1. The Balaban J connectivity index is 4.05. The Morgan fingerprint density at radius 2 is 1.93 bits per heavy atom. The van der Waals surface area contributed by atoms with Gasteiger partial charge in [0, 0.05) is 25.0 Å². The molecule has 90 valence electrons. The molecule has 0 aromatic carbocycles. The summed E-state index contributed by atoms with van der Waals surface area (Å²) in [7, 11) is 0. The van der Waals surface area contributed by atoms with Crippen LogP contribution in [0.15, 0.2) is 0 Å². The molecule has 0 aromatic heterocycles. The lowest BCUT2D eigenvalue weighted by molar-refractivity contribution is -0.131. The van der Waals surface area contributed by atoms with Gasteiger partial charge in [-0.2, -0.15) is 0 Å². The van der Waals surface area contributed by atoms with Gasteiger partial charge in [0.25, 0.3) is 0 Å². The average Bonchev–Trinajstić information content (AvgIpc) is 2.08. The van der Waals surface area contributed by atoms with E-state index in [4.69, 9.17) is 5.73 Å². The Kier molecular flexibility index (Phi) is 5.88. The van der Waals surface area contributed by atoms with E-state index in [1.165, 1.54) is 0 Å². The van der Waals surface area contributed by atoms with Crippen LogP contribution >= 0.6 is 0 Å². The van der Waals surface area contributed by atoms with Crippen LogP contribution in [0.5, 0.6) is 0 Å². The molecule has 0 saturated heterocycles. The predicted molar refractivity (Wildman–Crippen MR) is 64.6 cm³/mol. The molecule has 0 unspecified atom stereocenters. The first-order valence-electron chi connectivity index (χ1n) is 5.83. The second kappa shape index (κ2) is 6.11. The topological polar surface area (TPSA) is 46.3 Å². The monoisotopic (exact) mass is 214 g/mol. The SMILES string of the molecule is CCN(CC(C)C)C(=O)CCC(C)(C)N. The summed E-state index contributed by atoms with van der Waals surface area (Å²) in [6, 6.07) is 0. The van der Waals surface area contributed by atoms with Crippen LogP contribution in [0, 0.1) is 5.92 Å². The molecule has 0 rings (SSSR count). The maximum atomic E-state index is 11.8. The number of hydrogen-bond acceptors (Lipinski definition) is 2. The van der Waals surface area contributed by atoms with Gasteiger partial charge in [-0.1, -0.05) is 13.8 Å². The maximum absolute atomic E-state index is 11.8. The number of nitrogens with two attached hydrogens (primary N) is 1. The van der Waals surface area contributed by atoms with E-state index in [1.807, 2.05) is 25.7 Å². The van der Waals surface area contributed by atoms with E-state index < -0.39 is 0 Å². The van der Waals surface area contributed by atoms with E-state index in [1.54, 1.807) is 0 Å². The molecule has 0 aliphatic rings. The summed E-state index contributed by atoms with van der Waals surface area (Å²) in [6.45, 7) is 11.8. The van der Waals surface area contributed by atoms with Crippen molar-refractivity contribution in [2.24, 2.45) is 11.7 Å². The van der Waals surface area contributed by atoms with Crippen LogP contribution in [0.1, 0.15) is 47.5 Å². The molecule has 0 aliphatic heterocycles. The fraction of sp³-hybridized carbons (Fsp3) is 0.917. The molecule has 0 atom stereocenters. The van der Waals surface area contributed by atoms with Crippen LogP contribution < -0.4 is 5.73 Å². The summed E-state index contributed by atoms with van der Waals surface area (Å²) >= 11 is 0. The molecule has 2 N–H and O–H groups in total. The second-order valence-corrected chi connectivity index (χ2v) is 5.31. The molecule has 3 heteroatoms. The molecule has 0 spiro atoms. The van der Waals surface area contributed by atoms with Crippen molar-refractivity contribution in [3.8, 4) is 0 Å². The van der Waals surface area contributed by atoms with E-state index in [0.717, 1.165) is 19.5 Å². The molecular formula is C12H26N2O. The summed E-state index contributed by atoms with van der Waals surface area (Å²) in [5.74, 6) is 0.754. The van der Waals surface area contributed by atoms with Crippen LogP contribution in [0.2, 0.25) is 0 Å². The van der Waals surface area contributed by atoms with Crippen molar-refractivity contribution in [3.05, 3.63) is 0 Å². The highest BCUT2D eigenvalue weighted by Gasteiger charge is 2.17. The third-order valence-corrected chi connectivity index (χ3v) is 2.30. The van der Waals surface area contributed by atoms with Crippen molar-refractivity contribution < 1.29 is 4.79 Å². The first-order valence-corrected chi connectivity index (χ1v) is 5.83. The fourth-order valence-corrected chi connectivity index (χ4v) is 1.44. The minimum Gasteiger partial charge on any atom is -0.343 e. The second-order valence-electron chi connectivity index (χ2n) is 5.31. The van der Waals surface area contributed by atoms with Gasteiger partial charge in [0.15, 0.2) is 0 Å². The van der Waals surface area contributed by atoms with Crippen molar-refractivity contribution in [3.63, 3.8) is 0 Å². The van der Waals surface area contributed by atoms with Gasteiger partial charge in [-0.3, -0.25) is 4.79 Å². The summed E-state index contributed by atoms with van der Waals surface area (Å²) in [6.07, 6.45) is 1.31. The molecule has 1 amide bonds. The van der Waals surface area contributed by atoms with Crippen molar-refractivity contribution >= 4 is 5.91 Å². The molecule has 0 aromatic rings. The Morgan fingerprint density at radius 1 is 1.40 bits per heavy atom. The van der Waals surface area contributed by atoms with Gasteiger partial charge in [-0.15, -0.1) is 0 Å². The van der Waals surface area contributed by atoms with Gasteiger partial charge in [-0.25, -0.2) is 0 Å². The molecule has 0 heterocycles. The largest absolute Gasteiger partial charge is 0.343 e. The molecule has 0 saturated carbocycles. The minimum atomic E-state index is -0.243. The molecule has 15 heavy (non-hydrogen) atoms. The number of carbonyl (C=O) groups is 1. The van der Waals surface area contributed by atoms with Gasteiger partial charge in [0.2, 0.25) is 5.91 Å². The maximum Gasteiger partial charge on any atom is 0.222 e. The zero-order valence-electron chi connectivity index (χ0n) is 10.8. The van der Waals surface area contributed by atoms with Crippen molar-refractivity contribution in [2.75, 3.05) is 13.1 Å². The number of hydrogen-bond donors (Lipinski definition) is 1. The number of nitrogens with zero attached hydrogens (tertiary/aromatic N) is 1. The zero-order valence-corrected chi connectivity index (χ0v) is 10.8. The van der Waals surface area contributed by atoms with Gasteiger partial charge in [-0.05, 0) is 33.1 Å². The summed E-state index contributed by atoms with van der Waals surface area (Å²) in [4.78, 5) is 13.7. The Bertz CT molecular complexity index is 194. The Labute approximate surface area is 94.0 Å². The molecule has 0 aliphatic carbocycles. The Hall–Kier alpha value is -0.570. The zero-order chi connectivity index (χ0) is 12.1. The predicted octanol–water partition coefficient (Wildman–Crippen LogP) is 2.01. The minimum absolute atomic E-state index is 0.227. The van der Waals surface area contributed by atoms with E-state index in [9.17, 15) is 4.79 Å². The molecule has 3 nitrogen and oxygen atoms in total. The van der Waals surface area contributed by atoms with E-state index in [-0.39, 0.29) is 11.4 Å². The highest BCUT2D eigenvalue weighted by molar-refractivity contribution is 5.76. The highest BCUT2D eigenvalue weighted by Crippen LogP contribution is 2.10. The quantitative estimate of drug-likeness (QED) is 0.735. The Morgan fingerprint density at radius 3 is 2.27 bits per heavy atom. The first kappa shape index (κ1) is 14.4. The van der Waals surface area contributed by atoms with Crippen LogP contribution in [0.4, 0.5) is 0 Å². The number of carbonyl (C=O) groups excluding carboxylic acids is 1.